The Labute approximate surface area is 92.4 Å². The molecular formula is C12H9NOS. The maximum Gasteiger partial charge on any atom is 0.181 e. The summed E-state index contributed by atoms with van der Waals surface area (Å²) in [7, 11) is 0. The minimum atomic E-state index is 0.612. The Hall–Kier alpha value is -1.79. The molecule has 0 spiro atoms. The van der Waals surface area contributed by atoms with E-state index in [1.165, 1.54) is 4.88 Å². The molecule has 1 aromatic heterocycles. The van der Waals surface area contributed by atoms with Crippen LogP contribution in [0.3, 0.4) is 0 Å². The number of rotatable bonds is 2. The van der Waals surface area contributed by atoms with Crippen molar-refractivity contribution in [3.63, 3.8) is 0 Å². The molecule has 0 bridgehead atoms. The molecule has 0 fully saturated rings. The average molecular weight is 215 g/mol. The van der Waals surface area contributed by atoms with E-state index in [2.05, 4.69) is 6.07 Å². The Balaban J connectivity index is 2.21. The van der Waals surface area contributed by atoms with Gasteiger partial charge in [0.05, 0.1) is 11.6 Å². The van der Waals surface area contributed by atoms with Crippen molar-refractivity contribution in [3.8, 4) is 16.9 Å². The van der Waals surface area contributed by atoms with Crippen LogP contribution in [0.15, 0.2) is 36.4 Å². The van der Waals surface area contributed by atoms with Crippen molar-refractivity contribution in [2.45, 2.75) is 6.92 Å². The first-order valence-corrected chi connectivity index (χ1v) is 5.34. The molecule has 3 heteroatoms. The Morgan fingerprint density at radius 1 is 1.27 bits per heavy atom. The van der Waals surface area contributed by atoms with Crippen LogP contribution in [-0.4, -0.2) is 0 Å². The van der Waals surface area contributed by atoms with E-state index < -0.39 is 0 Å². The molecule has 0 N–H and O–H groups in total. The Kier molecular flexibility index (Phi) is 2.70. The molecule has 1 aromatic carbocycles. The molecule has 0 aliphatic heterocycles. The average Bonchev–Trinajstić information content (AvgIpc) is 2.64. The summed E-state index contributed by atoms with van der Waals surface area (Å²) in [6, 6.07) is 13.2. The van der Waals surface area contributed by atoms with Gasteiger partial charge in [-0.2, -0.15) is 5.26 Å². The quantitative estimate of drug-likeness (QED) is 0.764. The highest BCUT2D eigenvalue weighted by molar-refractivity contribution is 7.13. The van der Waals surface area contributed by atoms with Gasteiger partial charge in [0.1, 0.15) is 5.75 Å². The molecular weight excluding hydrogens is 206 g/mol. The molecule has 1 heterocycles. The Bertz CT molecular complexity index is 510. The lowest BCUT2D eigenvalue weighted by molar-refractivity contribution is 0.496. The van der Waals surface area contributed by atoms with Crippen LogP contribution in [-0.2, 0) is 0 Å². The van der Waals surface area contributed by atoms with E-state index in [9.17, 15) is 0 Å². The first-order chi connectivity index (χ1) is 7.28. The lowest BCUT2D eigenvalue weighted by atomic mass is 10.2. The van der Waals surface area contributed by atoms with E-state index in [0.29, 0.717) is 11.3 Å². The predicted molar refractivity (Wildman–Crippen MR) is 60.3 cm³/mol. The zero-order chi connectivity index (χ0) is 10.7. The monoisotopic (exact) mass is 215 g/mol. The standard InChI is InChI=1S/C12H9NOS/c1-9-5-6-12(15-9)14-11-4-2-3-10(7-11)8-13/h2-7H,1H3. The summed E-state index contributed by atoms with van der Waals surface area (Å²) >= 11 is 1.59. The van der Waals surface area contributed by atoms with Crippen molar-refractivity contribution in [1.29, 1.82) is 5.26 Å². The molecule has 0 radical (unpaired) electrons. The van der Waals surface area contributed by atoms with Gasteiger partial charge in [-0.1, -0.05) is 6.07 Å². The van der Waals surface area contributed by atoms with Crippen LogP contribution >= 0.6 is 11.3 Å². The summed E-state index contributed by atoms with van der Waals surface area (Å²) in [5.41, 5.74) is 0.612. The van der Waals surface area contributed by atoms with Gasteiger partial charge in [-0.05, 0) is 37.3 Å². The normalized spacial score (nSPS) is 9.60. The number of thiophene rings is 1. The third-order valence-corrected chi connectivity index (χ3v) is 2.78. The second-order valence-corrected chi connectivity index (χ2v) is 4.36. The number of hydrogen-bond donors (Lipinski definition) is 0. The van der Waals surface area contributed by atoms with Crippen LogP contribution in [0.5, 0.6) is 10.8 Å². The largest absolute Gasteiger partial charge is 0.447 e. The summed E-state index contributed by atoms with van der Waals surface area (Å²) in [5, 5.41) is 9.58. The molecule has 0 aliphatic rings. The molecule has 2 rings (SSSR count). The molecule has 0 saturated carbocycles. The van der Waals surface area contributed by atoms with Crippen molar-refractivity contribution in [2.24, 2.45) is 0 Å². The molecule has 74 valence electrons. The zero-order valence-electron chi connectivity index (χ0n) is 8.23. The van der Waals surface area contributed by atoms with Crippen LogP contribution in [0.2, 0.25) is 0 Å². The molecule has 0 unspecified atom stereocenters. The van der Waals surface area contributed by atoms with Crippen molar-refractivity contribution in [3.05, 3.63) is 46.8 Å². The van der Waals surface area contributed by atoms with Gasteiger partial charge in [-0.25, -0.2) is 0 Å². The lowest BCUT2D eigenvalue weighted by Gasteiger charge is -2.01. The topological polar surface area (TPSA) is 33.0 Å². The molecule has 2 aromatic rings. The fourth-order valence-corrected chi connectivity index (χ4v) is 1.94. The van der Waals surface area contributed by atoms with Crippen LogP contribution < -0.4 is 4.74 Å². The van der Waals surface area contributed by atoms with E-state index in [0.717, 1.165) is 5.06 Å². The van der Waals surface area contributed by atoms with E-state index >= 15 is 0 Å². The third-order valence-electron chi connectivity index (χ3n) is 1.90. The van der Waals surface area contributed by atoms with Crippen LogP contribution in [0.25, 0.3) is 0 Å². The van der Waals surface area contributed by atoms with Gasteiger partial charge < -0.3 is 4.74 Å². The summed E-state index contributed by atoms with van der Waals surface area (Å²) in [6.07, 6.45) is 0. The Morgan fingerprint density at radius 2 is 2.13 bits per heavy atom. The number of nitriles is 1. The SMILES string of the molecule is Cc1ccc(Oc2cccc(C#N)c2)s1. The number of nitrogens with zero attached hydrogens (tertiary/aromatic N) is 1. The summed E-state index contributed by atoms with van der Waals surface area (Å²) in [6.45, 7) is 2.03. The number of hydrogen-bond acceptors (Lipinski definition) is 3. The van der Waals surface area contributed by atoms with Crippen molar-refractivity contribution in [2.75, 3.05) is 0 Å². The minimum absolute atomic E-state index is 0.612. The van der Waals surface area contributed by atoms with Gasteiger partial charge in [0.25, 0.3) is 0 Å². The first kappa shape index (κ1) is 9.75. The van der Waals surface area contributed by atoms with Crippen LogP contribution in [0, 0.1) is 18.3 Å². The minimum Gasteiger partial charge on any atom is -0.447 e. The fourth-order valence-electron chi connectivity index (χ4n) is 1.21. The van der Waals surface area contributed by atoms with Gasteiger partial charge in [0.15, 0.2) is 5.06 Å². The lowest BCUT2D eigenvalue weighted by Crippen LogP contribution is -1.81. The van der Waals surface area contributed by atoms with E-state index in [1.807, 2.05) is 31.2 Å². The Morgan fingerprint density at radius 3 is 2.80 bits per heavy atom. The molecule has 0 saturated heterocycles. The smallest absolute Gasteiger partial charge is 0.181 e. The maximum absolute atomic E-state index is 8.73. The van der Waals surface area contributed by atoms with Gasteiger partial charge >= 0.3 is 0 Å². The van der Waals surface area contributed by atoms with Gasteiger partial charge in [-0.15, -0.1) is 11.3 Å². The summed E-state index contributed by atoms with van der Waals surface area (Å²) in [5.74, 6) is 0.705. The predicted octanol–water partition coefficient (Wildman–Crippen LogP) is 3.72. The van der Waals surface area contributed by atoms with Gasteiger partial charge in [-0.3, -0.25) is 0 Å². The highest BCUT2D eigenvalue weighted by atomic mass is 32.1. The zero-order valence-corrected chi connectivity index (χ0v) is 9.04. The molecule has 0 atom stereocenters. The first-order valence-electron chi connectivity index (χ1n) is 4.52. The van der Waals surface area contributed by atoms with Gasteiger partial charge in [0.2, 0.25) is 0 Å². The third kappa shape index (κ3) is 2.36. The summed E-state index contributed by atoms with van der Waals surface area (Å²) < 4.78 is 5.61. The van der Waals surface area contributed by atoms with Crippen LogP contribution in [0.1, 0.15) is 10.4 Å². The van der Waals surface area contributed by atoms with Crippen LogP contribution in [0.4, 0.5) is 0 Å². The molecule has 0 amide bonds. The van der Waals surface area contributed by atoms with Crippen molar-refractivity contribution < 1.29 is 4.74 Å². The van der Waals surface area contributed by atoms with Crippen molar-refractivity contribution >= 4 is 11.3 Å². The van der Waals surface area contributed by atoms with Crippen molar-refractivity contribution in [1.82, 2.24) is 0 Å². The highest BCUT2D eigenvalue weighted by Gasteiger charge is 2.00. The summed E-state index contributed by atoms with van der Waals surface area (Å²) in [4.78, 5) is 1.21. The second kappa shape index (κ2) is 4.16. The number of ether oxygens (including phenoxy) is 1. The number of benzene rings is 1. The fraction of sp³-hybridized carbons (Fsp3) is 0.0833. The van der Waals surface area contributed by atoms with E-state index in [-0.39, 0.29) is 0 Å². The van der Waals surface area contributed by atoms with Gasteiger partial charge in [0, 0.05) is 4.88 Å². The molecule has 2 nitrogen and oxygen atoms in total. The number of aryl methyl sites for hydroxylation is 1. The second-order valence-electron chi connectivity index (χ2n) is 3.11. The maximum atomic E-state index is 8.73. The van der Waals surface area contributed by atoms with E-state index in [4.69, 9.17) is 10.00 Å². The van der Waals surface area contributed by atoms with E-state index in [1.54, 1.807) is 23.5 Å². The molecule has 0 aliphatic carbocycles. The molecule has 15 heavy (non-hydrogen) atoms. The highest BCUT2D eigenvalue weighted by Crippen LogP contribution is 2.29.